The van der Waals surface area contributed by atoms with Gasteiger partial charge in [-0.3, -0.25) is 9.59 Å². The van der Waals surface area contributed by atoms with Crippen LogP contribution < -0.4 is 9.72 Å². The number of hydrogen-bond donors (Lipinski definition) is 2. The molecule has 2 N–H and O–H groups in total. The monoisotopic (exact) mass is 486 g/mol. The first kappa shape index (κ1) is 25.3. The quantitative estimate of drug-likeness (QED) is 0.264. The van der Waals surface area contributed by atoms with Gasteiger partial charge in [0.15, 0.2) is 11.5 Å². The van der Waals surface area contributed by atoms with Crippen LogP contribution in [0.4, 0.5) is 0 Å². The molecule has 6 nitrogen and oxygen atoms in total. The number of carbonyl (C=O) groups is 2. The van der Waals surface area contributed by atoms with Crippen LogP contribution in [0.25, 0.3) is 6.08 Å². The molecule has 1 aliphatic rings. The molecule has 0 saturated carbocycles. The zero-order chi connectivity index (χ0) is 25.5. The third-order valence-electron chi connectivity index (χ3n) is 6.88. The van der Waals surface area contributed by atoms with Crippen molar-refractivity contribution in [2.45, 2.75) is 50.9 Å². The third-order valence-corrected chi connectivity index (χ3v) is 6.88. The Labute approximate surface area is 211 Å². The topological polar surface area (TPSA) is 97.9 Å². The van der Waals surface area contributed by atoms with E-state index in [-0.39, 0.29) is 47.7 Å². The number of fused-ring (bicyclic) bond motifs is 1. The van der Waals surface area contributed by atoms with Gasteiger partial charge in [-0.15, -0.1) is 5.69 Å². The first-order chi connectivity index (χ1) is 17.4. The molecular weight excluding hydrogens is 454 g/mol. The van der Waals surface area contributed by atoms with Crippen molar-refractivity contribution in [3.63, 3.8) is 0 Å². The first-order valence-electron chi connectivity index (χ1n) is 12.4. The molecule has 36 heavy (non-hydrogen) atoms. The van der Waals surface area contributed by atoms with Crippen LogP contribution in [0.15, 0.2) is 60.8 Å². The van der Waals surface area contributed by atoms with Crippen LogP contribution >= 0.6 is 0 Å². The molecule has 1 aromatic heterocycles. The number of nitrogens with zero attached hydrogens (tertiary/aromatic N) is 1. The van der Waals surface area contributed by atoms with Crippen molar-refractivity contribution in [3.8, 4) is 17.2 Å². The summed E-state index contributed by atoms with van der Waals surface area (Å²) in [6, 6.07) is 14.3. The molecule has 0 unspecified atom stereocenters. The lowest BCUT2D eigenvalue weighted by molar-refractivity contribution is -0.128. The fourth-order valence-electron chi connectivity index (χ4n) is 4.97. The van der Waals surface area contributed by atoms with Crippen molar-refractivity contribution in [1.29, 1.82) is 0 Å². The number of methoxy groups -OCH3 is 1. The summed E-state index contributed by atoms with van der Waals surface area (Å²) >= 11 is 0. The van der Waals surface area contributed by atoms with Crippen molar-refractivity contribution in [2.24, 2.45) is 5.92 Å². The number of aromatic nitrogens is 1. The van der Waals surface area contributed by atoms with Crippen molar-refractivity contribution in [2.75, 3.05) is 7.11 Å². The number of ether oxygens (including phenoxy) is 1. The van der Waals surface area contributed by atoms with Crippen molar-refractivity contribution < 1.29 is 24.5 Å². The second-order valence-corrected chi connectivity index (χ2v) is 9.38. The molecule has 2 atom stereocenters. The summed E-state index contributed by atoms with van der Waals surface area (Å²) in [5, 5.41) is 19.4. The highest BCUT2D eigenvalue weighted by Gasteiger charge is 2.30. The Morgan fingerprint density at radius 2 is 1.83 bits per heavy atom. The van der Waals surface area contributed by atoms with E-state index in [0.29, 0.717) is 12.2 Å². The van der Waals surface area contributed by atoms with E-state index in [1.165, 1.54) is 7.11 Å². The fraction of sp³-hybridized carbons (Fsp3) is 0.333. The number of Topliss-reactive ketones (excluding diaryl/α,β-unsaturated/α-hetero) is 2. The Morgan fingerprint density at radius 3 is 2.64 bits per heavy atom. The maximum absolute atomic E-state index is 13.2. The number of hydrogen-bond acceptors (Lipinski definition) is 5. The summed E-state index contributed by atoms with van der Waals surface area (Å²) in [6.07, 6.45) is 9.81. The molecular formula is C30H32NO5-. The van der Waals surface area contributed by atoms with E-state index in [1.807, 2.05) is 30.4 Å². The van der Waals surface area contributed by atoms with Gasteiger partial charge in [-0.25, -0.2) is 0 Å². The van der Waals surface area contributed by atoms with E-state index in [9.17, 15) is 19.8 Å². The highest BCUT2D eigenvalue weighted by atomic mass is 16.5. The predicted octanol–water partition coefficient (Wildman–Crippen LogP) is 5.36. The van der Waals surface area contributed by atoms with E-state index in [0.717, 1.165) is 48.1 Å². The van der Waals surface area contributed by atoms with Crippen molar-refractivity contribution in [3.05, 3.63) is 83.2 Å². The Morgan fingerprint density at radius 1 is 1.00 bits per heavy atom. The van der Waals surface area contributed by atoms with E-state index in [2.05, 4.69) is 4.98 Å². The highest BCUT2D eigenvalue weighted by Crippen LogP contribution is 2.38. The number of rotatable bonds is 12. The van der Waals surface area contributed by atoms with Gasteiger partial charge in [0.2, 0.25) is 0 Å². The Kier molecular flexibility index (Phi) is 8.26. The molecule has 0 fully saturated rings. The summed E-state index contributed by atoms with van der Waals surface area (Å²) in [4.78, 5) is 30.3. The van der Waals surface area contributed by atoms with Gasteiger partial charge in [0.25, 0.3) is 0 Å². The highest BCUT2D eigenvalue weighted by molar-refractivity contribution is 6.01. The van der Waals surface area contributed by atoms with Crippen LogP contribution in [0, 0.1) is 5.92 Å². The molecule has 6 heteroatoms. The molecule has 0 amide bonds. The number of allylic oxidation sites excluding steroid dienone is 1. The Balaban J connectivity index is 1.33. The number of benzene rings is 2. The minimum atomic E-state index is -0.333. The summed E-state index contributed by atoms with van der Waals surface area (Å²) < 4.78 is 5.13. The summed E-state index contributed by atoms with van der Waals surface area (Å²) in [5.41, 5.74) is 3.96. The second-order valence-electron chi connectivity index (χ2n) is 9.38. The number of ketones is 2. The number of phenols is 2. The first-order valence-corrected chi connectivity index (χ1v) is 12.4. The van der Waals surface area contributed by atoms with Gasteiger partial charge in [0.1, 0.15) is 17.3 Å². The molecule has 188 valence electrons. The van der Waals surface area contributed by atoms with Crippen LogP contribution in [0.5, 0.6) is 17.2 Å². The summed E-state index contributed by atoms with van der Waals surface area (Å²) in [7, 11) is 1.48. The van der Waals surface area contributed by atoms with E-state index >= 15 is 0 Å². The van der Waals surface area contributed by atoms with Gasteiger partial charge >= 0.3 is 0 Å². The predicted molar refractivity (Wildman–Crippen MR) is 138 cm³/mol. The molecule has 2 aromatic carbocycles. The Hall–Kier alpha value is -3.80. The number of phenolic OH excluding ortho intramolecular Hbond substituents is 2. The van der Waals surface area contributed by atoms with Gasteiger partial charge in [0, 0.05) is 12.3 Å². The minimum absolute atomic E-state index is 0.0123. The van der Waals surface area contributed by atoms with Gasteiger partial charge in [-0.2, -0.15) is 6.20 Å². The second kappa shape index (κ2) is 11.8. The van der Waals surface area contributed by atoms with E-state index < -0.39 is 0 Å². The largest absolute Gasteiger partial charge is 0.664 e. The summed E-state index contributed by atoms with van der Waals surface area (Å²) in [6.45, 7) is 0. The number of aryl methyl sites for hydroxylation is 2. The molecule has 0 spiro atoms. The smallest absolute Gasteiger partial charge is 0.160 e. The lowest BCUT2D eigenvalue weighted by atomic mass is 9.75. The number of carbonyl (C=O) groups excluding carboxylic acids is 2. The van der Waals surface area contributed by atoms with Crippen LogP contribution in [0.3, 0.4) is 0 Å². The maximum atomic E-state index is 13.2. The van der Waals surface area contributed by atoms with Crippen LogP contribution in [0.1, 0.15) is 60.4 Å². The lowest BCUT2D eigenvalue weighted by Gasteiger charge is -2.30. The number of unbranched alkanes of at least 4 members (excludes halogenated alkanes) is 1. The lowest BCUT2D eigenvalue weighted by Crippen LogP contribution is -2.25. The molecule has 0 saturated heterocycles. The van der Waals surface area contributed by atoms with Crippen molar-refractivity contribution in [1.82, 2.24) is 4.98 Å². The van der Waals surface area contributed by atoms with Gasteiger partial charge in [-0.1, -0.05) is 48.4 Å². The Bertz CT molecular complexity index is 1240. The molecule has 1 heterocycles. The SMILES string of the molecule is COc1cc(CCC(=O)CC(=O)[C@@H]2C=Cc3[n-]ccc3[C@H]2CCCCc2cccc(O)c2)ccc1O. The van der Waals surface area contributed by atoms with Crippen LogP contribution in [-0.4, -0.2) is 28.9 Å². The number of aromatic hydroxyl groups is 2. The molecule has 0 aliphatic heterocycles. The molecule has 1 aliphatic carbocycles. The van der Waals surface area contributed by atoms with E-state index in [1.54, 1.807) is 36.5 Å². The standard InChI is InChI=1S/C30H32NO5/c1-36-30-18-21(10-14-28(30)34)9-11-23(33)19-29(35)26-12-13-27-25(15-16-31-27)24(26)8-3-2-5-20-6-4-7-22(32)17-20/h4,6-7,10,12-18,24,26,32,34H,2-3,5,8-9,11,19H2,1H3/q-1/t24-,26-/m1/s1. The van der Waals surface area contributed by atoms with E-state index in [4.69, 9.17) is 4.74 Å². The molecule has 0 radical (unpaired) electrons. The maximum Gasteiger partial charge on any atom is 0.160 e. The normalized spacial score (nSPS) is 16.5. The fourth-order valence-corrected chi connectivity index (χ4v) is 4.97. The molecule has 0 bridgehead atoms. The molecule has 4 rings (SSSR count). The van der Waals surface area contributed by atoms with Crippen LogP contribution in [-0.2, 0) is 22.4 Å². The van der Waals surface area contributed by atoms with Crippen LogP contribution in [0.2, 0.25) is 0 Å². The van der Waals surface area contributed by atoms with Gasteiger partial charge in [-0.05, 0) is 67.0 Å². The average molecular weight is 487 g/mol. The summed E-state index contributed by atoms with van der Waals surface area (Å²) in [5.74, 6) is 0.241. The average Bonchev–Trinajstić information content (AvgIpc) is 3.35. The van der Waals surface area contributed by atoms with Crippen molar-refractivity contribution >= 4 is 17.6 Å². The zero-order valence-electron chi connectivity index (χ0n) is 20.5. The van der Waals surface area contributed by atoms with Gasteiger partial charge in [0.05, 0.1) is 13.5 Å². The third kappa shape index (κ3) is 6.25. The molecule has 3 aromatic rings. The minimum Gasteiger partial charge on any atom is -0.664 e. The van der Waals surface area contributed by atoms with Gasteiger partial charge < -0.3 is 19.9 Å². The zero-order valence-corrected chi connectivity index (χ0v) is 20.5.